The number of benzene rings is 2. The predicted molar refractivity (Wildman–Crippen MR) is 122 cm³/mol. The van der Waals surface area contributed by atoms with E-state index >= 15 is 0 Å². The van der Waals surface area contributed by atoms with Gasteiger partial charge in [0.1, 0.15) is 24.1 Å². The third-order valence-electron chi connectivity index (χ3n) is 5.26. The monoisotopic (exact) mass is 476 g/mol. The highest BCUT2D eigenvalue weighted by atomic mass is 19.3. The van der Waals surface area contributed by atoms with Crippen molar-refractivity contribution in [2.24, 2.45) is 0 Å². The molecule has 0 atom stereocenters. The Bertz CT molecular complexity index is 1510. The third kappa shape index (κ3) is 4.99. The summed E-state index contributed by atoms with van der Waals surface area (Å²) in [6, 6.07) is 13.6. The number of esters is 1. The van der Waals surface area contributed by atoms with Crippen LogP contribution in [0.4, 0.5) is 8.78 Å². The number of methoxy groups -OCH3 is 1. The van der Waals surface area contributed by atoms with Gasteiger partial charge in [-0.2, -0.15) is 5.26 Å². The standard InChI is InChI=1S/C25H18F2N4O4/c1-34-25(33)17-4-2-3-15(9-17)19-10-16(23(26)27)5-6-22(19)35-8-7-31-14-30-21-13-29-18(12-28)11-20(21)24(31)32/h2-6,9-11,13-14,23H,7-8H2,1H3. The minimum atomic E-state index is -2.69. The van der Waals surface area contributed by atoms with Crippen LogP contribution < -0.4 is 10.3 Å². The lowest BCUT2D eigenvalue weighted by Crippen LogP contribution is -2.23. The highest BCUT2D eigenvalue weighted by Crippen LogP contribution is 2.34. The summed E-state index contributed by atoms with van der Waals surface area (Å²) in [5.74, 6) is -0.258. The van der Waals surface area contributed by atoms with Gasteiger partial charge >= 0.3 is 5.97 Å². The number of nitrogens with zero attached hydrogens (tertiary/aromatic N) is 4. The minimum Gasteiger partial charge on any atom is -0.491 e. The van der Waals surface area contributed by atoms with E-state index in [0.29, 0.717) is 22.4 Å². The Kier molecular flexibility index (Phi) is 6.78. The van der Waals surface area contributed by atoms with E-state index in [9.17, 15) is 18.4 Å². The van der Waals surface area contributed by atoms with E-state index in [1.807, 2.05) is 6.07 Å². The lowest BCUT2D eigenvalue weighted by atomic mass is 10.00. The van der Waals surface area contributed by atoms with Crippen LogP contribution in [0.15, 0.2) is 65.8 Å². The second-order valence-electron chi connectivity index (χ2n) is 7.42. The van der Waals surface area contributed by atoms with Crippen molar-refractivity contribution in [3.05, 3.63) is 88.2 Å². The number of pyridine rings is 1. The molecule has 0 fully saturated rings. The second-order valence-corrected chi connectivity index (χ2v) is 7.42. The van der Waals surface area contributed by atoms with Crippen LogP contribution in [-0.2, 0) is 11.3 Å². The first kappa shape index (κ1) is 23.5. The summed E-state index contributed by atoms with van der Waals surface area (Å²) >= 11 is 0. The number of carbonyl (C=O) groups is 1. The molecule has 0 spiro atoms. The summed E-state index contributed by atoms with van der Waals surface area (Å²) in [5.41, 5.74) is 1.02. The lowest BCUT2D eigenvalue weighted by molar-refractivity contribution is 0.0600. The van der Waals surface area contributed by atoms with Crippen molar-refractivity contribution in [1.82, 2.24) is 14.5 Å². The Balaban J connectivity index is 1.62. The normalized spacial score (nSPS) is 10.8. The molecule has 10 heteroatoms. The molecule has 0 aliphatic rings. The van der Waals surface area contributed by atoms with Crippen molar-refractivity contribution >= 4 is 16.9 Å². The number of nitriles is 1. The van der Waals surface area contributed by atoms with Crippen LogP contribution in [-0.4, -0.2) is 34.2 Å². The van der Waals surface area contributed by atoms with Crippen LogP contribution in [0.1, 0.15) is 28.0 Å². The van der Waals surface area contributed by atoms with Gasteiger partial charge in [0.2, 0.25) is 0 Å². The Morgan fingerprint density at radius 2 is 2.00 bits per heavy atom. The van der Waals surface area contributed by atoms with E-state index in [-0.39, 0.29) is 40.9 Å². The zero-order valence-electron chi connectivity index (χ0n) is 18.4. The summed E-state index contributed by atoms with van der Waals surface area (Å²) in [6.07, 6.45) is 0.0132. The Labute approximate surface area is 198 Å². The molecule has 0 aliphatic heterocycles. The third-order valence-corrected chi connectivity index (χ3v) is 5.26. The van der Waals surface area contributed by atoms with Gasteiger partial charge in [0, 0.05) is 11.1 Å². The zero-order valence-corrected chi connectivity index (χ0v) is 18.4. The fourth-order valence-corrected chi connectivity index (χ4v) is 3.50. The molecule has 0 amide bonds. The summed E-state index contributed by atoms with van der Waals surface area (Å²) in [5, 5.41) is 9.28. The predicted octanol–water partition coefficient (Wildman–Crippen LogP) is 4.13. The van der Waals surface area contributed by atoms with Crippen LogP contribution in [0.5, 0.6) is 5.75 Å². The van der Waals surface area contributed by atoms with Crippen molar-refractivity contribution in [3.8, 4) is 22.9 Å². The lowest BCUT2D eigenvalue weighted by Gasteiger charge is -2.15. The van der Waals surface area contributed by atoms with Crippen molar-refractivity contribution in [1.29, 1.82) is 5.26 Å². The van der Waals surface area contributed by atoms with E-state index < -0.39 is 12.4 Å². The van der Waals surface area contributed by atoms with Crippen molar-refractivity contribution in [3.63, 3.8) is 0 Å². The van der Waals surface area contributed by atoms with Gasteiger partial charge in [-0.05, 0) is 42.0 Å². The van der Waals surface area contributed by atoms with Crippen molar-refractivity contribution in [2.75, 3.05) is 13.7 Å². The molecule has 2 aromatic heterocycles. The molecule has 0 radical (unpaired) electrons. The van der Waals surface area contributed by atoms with Gasteiger partial charge in [-0.25, -0.2) is 23.5 Å². The molecule has 2 aromatic carbocycles. The quantitative estimate of drug-likeness (QED) is 0.369. The number of hydrogen-bond acceptors (Lipinski definition) is 7. The smallest absolute Gasteiger partial charge is 0.337 e. The average molecular weight is 476 g/mol. The minimum absolute atomic E-state index is 0.0288. The van der Waals surface area contributed by atoms with Gasteiger partial charge < -0.3 is 9.47 Å². The van der Waals surface area contributed by atoms with Crippen molar-refractivity contribution < 1.29 is 23.0 Å². The SMILES string of the molecule is COC(=O)c1cccc(-c2cc(C(F)F)ccc2OCCn2cnc3cnc(C#N)cc3c2=O)c1. The van der Waals surface area contributed by atoms with Crippen LogP contribution in [0, 0.1) is 11.3 Å². The molecule has 4 rings (SSSR count). The molecule has 8 nitrogen and oxygen atoms in total. The maximum Gasteiger partial charge on any atom is 0.337 e. The molecule has 0 bridgehead atoms. The molecule has 0 saturated carbocycles. The van der Waals surface area contributed by atoms with E-state index in [1.54, 1.807) is 18.2 Å². The maximum absolute atomic E-state index is 13.4. The first-order valence-electron chi connectivity index (χ1n) is 10.4. The van der Waals surface area contributed by atoms with E-state index in [0.717, 1.165) is 0 Å². The van der Waals surface area contributed by atoms with E-state index in [1.165, 1.54) is 54.5 Å². The second kappa shape index (κ2) is 10.1. The topological polar surface area (TPSA) is 107 Å². The zero-order chi connectivity index (χ0) is 24.9. The summed E-state index contributed by atoms with van der Waals surface area (Å²) < 4.78 is 38.7. The highest BCUT2D eigenvalue weighted by molar-refractivity contribution is 5.91. The first-order valence-corrected chi connectivity index (χ1v) is 10.4. The van der Waals surface area contributed by atoms with Gasteiger partial charge in [-0.1, -0.05) is 12.1 Å². The van der Waals surface area contributed by atoms with Gasteiger partial charge in [-0.3, -0.25) is 9.36 Å². The highest BCUT2D eigenvalue weighted by Gasteiger charge is 2.15. The van der Waals surface area contributed by atoms with Gasteiger partial charge in [0.15, 0.2) is 0 Å². The number of fused-ring (bicyclic) bond motifs is 1. The van der Waals surface area contributed by atoms with Gasteiger partial charge in [-0.15, -0.1) is 0 Å². The Hall–Kier alpha value is -4.65. The fraction of sp³-hybridized carbons (Fsp3) is 0.160. The number of carbonyl (C=O) groups excluding carboxylic acids is 1. The average Bonchev–Trinajstić information content (AvgIpc) is 2.89. The summed E-state index contributed by atoms with van der Waals surface area (Å²) in [7, 11) is 1.25. The number of alkyl halides is 2. The molecule has 0 N–H and O–H groups in total. The number of ether oxygens (including phenoxy) is 2. The molecule has 0 aliphatic carbocycles. The van der Waals surface area contributed by atoms with E-state index in [2.05, 4.69) is 9.97 Å². The summed E-state index contributed by atoms with van der Waals surface area (Å²) in [6.45, 7) is 0.144. The molecular formula is C25H18F2N4O4. The summed E-state index contributed by atoms with van der Waals surface area (Å²) in [4.78, 5) is 32.8. The molecular weight excluding hydrogens is 458 g/mol. The molecule has 4 aromatic rings. The first-order chi connectivity index (χ1) is 16.9. The number of rotatable bonds is 7. The maximum atomic E-state index is 13.4. The molecule has 176 valence electrons. The largest absolute Gasteiger partial charge is 0.491 e. The van der Waals surface area contributed by atoms with Crippen LogP contribution in [0.3, 0.4) is 0 Å². The van der Waals surface area contributed by atoms with Crippen molar-refractivity contribution in [2.45, 2.75) is 13.0 Å². The number of hydrogen-bond donors (Lipinski definition) is 0. The Morgan fingerprint density at radius 3 is 2.74 bits per heavy atom. The molecule has 2 heterocycles. The van der Waals surface area contributed by atoms with Crippen LogP contribution >= 0.6 is 0 Å². The van der Waals surface area contributed by atoms with Gasteiger partial charge in [0.05, 0.1) is 42.6 Å². The van der Waals surface area contributed by atoms with Crippen LogP contribution in [0.25, 0.3) is 22.0 Å². The number of aromatic nitrogens is 3. The molecule has 35 heavy (non-hydrogen) atoms. The van der Waals surface area contributed by atoms with Gasteiger partial charge in [0.25, 0.3) is 12.0 Å². The Morgan fingerprint density at radius 1 is 1.17 bits per heavy atom. The van der Waals surface area contributed by atoms with E-state index in [4.69, 9.17) is 14.7 Å². The molecule has 0 saturated heterocycles. The fourth-order valence-electron chi connectivity index (χ4n) is 3.50. The number of halogens is 2. The molecule has 0 unspecified atom stereocenters. The van der Waals surface area contributed by atoms with Crippen LogP contribution in [0.2, 0.25) is 0 Å².